The molecule has 2 aliphatic rings. The van der Waals surface area contributed by atoms with Crippen molar-refractivity contribution in [1.29, 1.82) is 0 Å². The molecule has 0 aromatic carbocycles. The van der Waals surface area contributed by atoms with E-state index in [0.29, 0.717) is 23.5 Å². The largest absolute Gasteiger partial charge is 0.337 e. The van der Waals surface area contributed by atoms with Crippen molar-refractivity contribution in [2.75, 3.05) is 32.1 Å². The number of piperidine rings is 1. The number of aryl methyl sites for hydroxylation is 1. The van der Waals surface area contributed by atoms with E-state index < -0.39 is 0 Å². The number of H-pyrrole nitrogens is 1. The van der Waals surface area contributed by atoms with Gasteiger partial charge in [-0.3, -0.25) is 9.89 Å². The molecule has 1 N–H and O–H groups in total. The lowest BCUT2D eigenvalue weighted by Gasteiger charge is -2.31. The van der Waals surface area contributed by atoms with Gasteiger partial charge in [0, 0.05) is 45.2 Å². The lowest BCUT2D eigenvalue weighted by molar-refractivity contribution is 0.0680. The Morgan fingerprint density at radius 2 is 2.08 bits per heavy atom. The number of amides is 1. The number of aromatic nitrogens is 4. The van der Waals surface area contributed by atoms with Gasteiger partial charge in [-0.2, -0.15) is 10.1 Å². The zero-order chi connectivity index (χ0) is 18.1. The number of rotatable bonds is 6. The van der Waals surface area contributed by atoms with Crippen molar-refractivity contribution in [2.24, 2.45) is 5.92 Å². The van der Waals surface area contributed by atoms with Crippen LogP contribution in [-0.2, 0) is 6.42 Å². The summed E-state index contributed by atoms with van der Waals surface area (Å²) in [6, 6.07) is 2.48. The Kier molecular flexibility index (Phi) is 4.65. The molecule has 3 heterocycles. The lowest BCUT2D eigenvalue weighted by Crippen LogP contribution is -2.38. The summed E-state index contributed by atoms with van der Waals surface area (Å²) < 4.78 is 5.19. The molecule has 0 radical (unpaired) electrons. The molecule has 1 amide bonds. The molecular formula is C18H26N6O2. The third-order valence-electron chi connectivity index (χ3n) is 5.35. The first kappa shape index (κ1) is 17.1. The van der Waals surface area contributed by atoms with E-state index in [2.05, 4.69) is 20.3 Å². The van der Waals surface area contributed by atoms with E-state index in [-0.39, 0.29) is 5.91 Å². The van der Waals surface area contributed by atoms with Crippen LogP contribution in [-0.4, -0.2) is 58.3 Å². The third-order valence-corrected chi connectivity index (χ3v) is 5.35. The highest BCUT2D eigenvalue weighted by Crippen LogP contribution is 2.39. The van der Waals surface area contributed by atoms with Crippen molar-refractivity contribution in [3.05, 3.63) is 23.3 Å². The van der Waals surface area contributed by atoms with Crippen LogP contribution < -0.4 is 4.90 Å². The normalized spacial score (nSPS) is 18.3. The minimum atomic E-state index is 0.0559. The smallest absolute Gasteiger partial charge is 0.323 e. The summed E-state index contributed by atoms with van der Waals surface area (Å²) in [4.78, 5) is 20.7. The first-order valence-corrected chi connectivity index (χ1v) is 9.44. The quantitative estimate of drug-likeness (QED) is 0.851. The van der Waals surface area contributed by atoms with Crippen molar-refractivity contribution >= 4 is 11.9 Å². The highest BCUT2D eigenvalue weighted by molar-refractivity contribution is 5.92. The summed E-state index contributed by atoms with van der Waals surface area (Å²) in [6.45, 7) is 1.59. The number of hydrogen-bond acceptors (Lipinski definition) is 6. The molecule has 8 heteroatoms. The van der Waals surface area contributed by atoms with Crippen LogP contribution in [0, 0.1) is 5.92 Å². The Balaban J connectivity index is 1.24. The Morgan fingerprint density at radius 1 is 1.31 bits per heavy atom. The van der Waals surface area contributed by atoms with Gasteiger partial charge < -0.3 is 14.3 Å². The number of nitrogens with one attached hydrogen (secondary N) is 1. The maximum atomic E-state index is 12.6. The minimum Gasteiger partial charge on any atom is -0.337 e. The van der Waals surface area contributed by atoms with Gasteiger partial charge in [0.15, 0.2) is 5.82 Å². The molecule has 0 bridgehead atoms. The SMILES string of the molecule is CN(C)c1nc(CCC2CCN(C(=O)c3cc(C4CC4)[nH]n3)CC2)no1. The van der Waals surface area contributed by atoms with Gasteiger partial charge in [-0.1, -0.05) is 5.16 Å². The maximum absolute atomic E-state index is 12.6. The second-order valence-electron chi connectivity index (χ2n) is 7.64. The number of aromatic amines is 1. The van der Waals surface area contributed by atoms with E-state index >= 15 is 0 Å². The predicted octanol–water partition coefficient (Wildman–Crippen LogP) is 2.22. The molecule has 4 rings (SSSR count). The van der Waals surface area contributed by atoms with Gasteiger partial charge in [-0.25, -0.2) is 0 Å². The van der Waals surface area contributed by atoms with Crippen molar-refractivity contribution in [2.45, 2.75) is 44.4 Å². The van der Waals surface area contributed by atoms with E-state index in [9.17, 15) is 4.79 Å². The highest BCUT2D eigenvalue weighted by Gasteiger charge is 2.29. The Labute approximate surface area is 152 Å². The van der Waals surface area contributed by atoms with Crippen molar-refractivity contribution in [3.63, 3.8) is 0 Å². The molecule has 0 spiro atoms. The van der Waals surface area contributed by atoms with Gasteiger partial charge in [0.1, 0.15) is 5.69 Å². The summed E-state index contributed by atoms with van der Waals surface area (Å²) >= 11 is 0. The number of nitrogens with zero attached hydrogens (tertiary/aromatic N) is 5. The molecule has 0 unspecified atom stereocenters. The second kappa shape index (κ2) is 7.09. The number of anilines is 1. The summed E-state index contributed by atoms with van der Waals surface area (Å²) in [6.07, 6.45) is 6.30. The average Bonchev–Trinajstić information content (AvgIpc) is 3.19. The molecule has 1 aliphatic carbocycles. The van der Waals surface area contributed by atoms with Crippen molar-refractivity contribution < 1.29 is 9.32 Å². The summed E-state index contributed by atoms with van der Waals surface area (Å²) in [5.41, 5.74) is 1.67. The van der Waals surface area contributed by atoms with Crippen LogP contribution in [0.2, 0.25) is 0 Å². The Hall–Kier alpha value is -2.38. The van der Waals surface area contributed by atoms with Gasteiger partial charge in [0.05, 0.1) is 0 Å². The molecule has 2 aromatic rings. The maximum Gasteiger partial charge on any atom is 0.323 e. The fraction of sp³-hybridized carbons (Fsp3) is 0.667. The molecule has 26 heavy (non-hydrogen) atoms. The number of carbonyl (C=O) groups is 1. The van der Waals surface area contributed by atoms with Crippen molar-refractivity contribution in [3.8, 4) is 0 Å². The van der Waals surface area contributed by atoms with E-state index in [1.807, 2.05) is 30.0 Å². The molecule has 1 saturated carbocycles. The second-order valence-corrected chi connectivity index (χ2v) is 7.64. The number of carbonyl (C=O) groups excluding carboxylic acids is 1. The Morgan fingerprint density at radius 3 is 2.73 bits per heavy atom. The van der Waals surface area contributed by atoms with Crippen LogP contribution in [0.25, 0.3) is 0 Å². The minimum absolute atomic E-state index is 0.0559. The zero-order valence-electron chi connectivity index (χ0n) is 15.4. The van der Waals surface area contributed by atoms with Crippen molar-refractivity contribution in [1.82, 2.24) is 25.2 Å². The standard InChI is InChI=1S/C18H26N6O2/c1-23(2)18-19-16(22-26-18)6-3-12-7-9-24(10-8-12)17(25)15-11-14(20-21-15)13-4-5-13/h11-13H,3-10H2,1-2H3,(H,20,21). The summed E-state index contributed by atoms with van der Waals surface area (Å²) in [5.74, 6) is 2.01. The van der Waals surface area contributed by atoms with Crippen LogP contribution in [0.1, 0.15) is 60.0 Å². The molecule has 8 nitrogen and oxygen atoms in total. The summed E-state index contributed by atoms with van der Waals surface area (Å²) in [5, 5.41) is 11.3. The fourth-order valence-corrected chi connectivity index (χ4v) is 3.50. The van der Waals surface area contributed by atoms with Crippen LogP contribution >= 0.6 is 0 Å². The van der Waals surface area contributed by atoms with E-state index in [1.165, 1.54) is 12.8 Å². The topological polar surface area (TPSA) is 91.2 Å². The molecule has 0 atom stereocenters. The van der Waals surface area contributed by atoms with Crippen LogP contribution in [0.5, 0.6) is 0 Å². The molecule has 2 fully saturated rings. The predicted molar refractivity (Wildman–Crippen MR) is 96.1 cm³/mol. The lowest BCUT2D eigenvalue weighted by atomic mass is 9.92. The highest BCUT2D eigenvalue weighted by atomic mass is 16.5. The first-order chi connectivity index (χ1) is 12.6. The molecule has 1 aliphatic heterocycles. The molecule has 140 valence electrons. The third kappa shape index (κ3) is 3.73. The summed E-state index contributed by atoms with van der Waals surface area (Å²) in [7, 11) is 3.77. The number of likely N-dealkylation sites (tertiary alicyclic amines) is 1. The van der Waals surface area contributed by atoms with Crippen LogP contribution in [0.3, 0.4) is 0 Å². The molecule has 2 aromatic heterocycles. The van der Waals surface area contributed by atoms with Gasteiger partial charge >= 0.3 is 6.01 Å². The average molecular weight is 358 g/mol. The first-order valence-electron chi connectivity index (χ1n) is 9.44. The van der Waals surface area contributed by atoms with Gasteiger partial charge in [-0.05, 0) is 44.1 Å². The zero-order valence-corrected chi connectivity index (χ0v) is 15.4. The molecular weight excluding hydrogens is 332 g/mol. The monoisotopic (exact) mass is 358 g/mol. The van der Waals surface area contributed by atoms with Crippen LogP contribution in [0.15, 0.2) is 10.6 Å². The van der Waals surface area contributed by atoms with Gasteiger partial charge in [-0.15, -0.1) is 0 Å². The molecule has 1 saturated heterocycles. The van der Waals surface area contributed by atoms with Gasteiger partial charge in [0.25, 0.3) is 5.91 Å². The van der Waals surface area contributed by atoms with Gasteiger partial charge in [0.2, 0.25) is 0 Å². The fourth-order valence-electron chi connectivity index (χ4n) is 3.50. The Bertz CT molecular complexity index is 755. The van der Waals surface area contributed by atoms with Crippen LogP contribution in [0.4, 0.5) is 6.01 Å². The van der Waals surface area contributed by atoms with E-state index in [4.69, 9.17) is 4.52 Å². The number of hydrogen-bond donors (Lipinski definition) is 1. The van der Waals surface area contributed by atoms with E-state index in [0.717, 1.165) is 50.3 Å². The van der Waals surface area contributed by atoms with E-state index in [1.54, 1.807) is 0 Å².